The predicted octanol–water partition coefficient (Wildman–Crippen LogP) is 3.23. The van der Waals surface area contributed by atoms with Gasteiger partial charge < -0.3 is 9.84 Å². The Kier molecular flexibility index (Phi) is 2.93. The van der Waals surface area contributed by atoms with Gasteiger partial charge in [-0.15, -0.1) is 13.2 Å². The monoisotopic (exact) mass is 242 g/mol. The summed E-state index contributed by atoms with van der Waals surface area (Å²) in [7, 11) is 0. The third-order valence-corrected chi connectivity index (χ3v) is 2.35. The summed E-state index contributed by atoms with van der Waals surface area (Å²) in [4.78, 5) is 0. The molecule has 17 heavy (non-hydrogen) atoms. The third kappa shape index (κ3) is 2.50. The van der Waals surface area contributed by atoms with Gasteiger partial charge in [-0.1, -0.05) is 36.4 Å². The molecule has 0 atom stereocenters. The molecule has 0 heterocycles. The van der Waals surface area contributed by atoms with Crippen molar-refractivity contribution in [2.24, 2.45) is 0 Å². The summed E-state index contributed by atoms with van der Waals surface area (Å²) >= 11 is 0. The molecule has 0 spiro atoms. The molecule has 0 saturated carbocycles. The van der Waals surface area contributed by atoms with E-state index < -0.39 is 13.0 Å². The van der Waals surface area contributed by atoms with Crippen LogP contribution in [0.5, 0.6) is 5.75 Å². The minimum absolute atomic E-state index is 0.112. The first-order valence-electron chi connectivity index (χ1n) is 4.88. The third-order valence-electron chi connectivity index (χ3n) is 2.35. The maximum Gasteiger partial charge on any atom is 0.573 e. The lowest BCUT2D eigenvalue weighted by Gasteiger charge is -2.14. The first kappa shape index (κ1) is 11.7. The number of benzene rings is 2. The summed E-state index contributed by atoms with van der Waals surface area (Å²) in [6.07, 6.45) is -4.77. The Morgan fingerprint density at radius 2 is 1.76 bits per heavy atom. The van der Waals surface area contributed by atoms with Crippen LogP contribution in [0.4, 0.5) is 13.2 Å². The van der Waals surface area contributed by atoms with Crippen LogP contribution in [-0.4, -0.2) is 11.5 Å². The minimum Gasteiger partial charge on any atom is -0.405 e. The highest BCUT2D eigenvalue weighted by Gasteiger charge is 2.32. The quantitative estimate of drug-likeness (QED) is 0.876. The van der Waals surface area contributed by atoms with Crippen LogP contribution in [-0.2, 0) is 6.61 Å². The molecule has 0 aromatic heterocycles. The molecule has 2 aromatic carbocycles. The molecule has 2 nitrogen and oxygen atoms in total. The molecule has 2 aromatic rings. The van der Waals surface area contributed by atoms with Gasteiger partial charge >= 0.3 is 6.36 Å². The molecule has 0 aliphatic carbocycles. The fraction of sp³-hybridized carbons (Fsp3) is 0.167. The normalized spacial score (nSPS) is 11.8. The van der Waals surface area contributed by atoms with Crippen molar-refractivity contribution < 1.29 is 23.0 Å². The fourth-order valence-corrected chi connectivity index (χ4v) is 1.65. The molecule has 2 rings (SSSR count). The zero-order valence-corrected chi connectivity index (χ0v) is 8.66. The van der Waals surface area contributed by atoms with E-state index in [1.165, 1.54) is 12.1 Å². The van der Waals surface area contributed by atoms with Crippen molar-refractivity contribution in [3.05, 3.63) is 42.0 Å². The fourth-order valence-electron chi connectivity index (χ4n) is 1.65. The van der Waals surface area contributed by atoms with E-state index in [-0.39, 0.29) is 11.3 Å². The zero-order valence-electron chi connectivity index (χ0n) is 8.66. The van der Waals surface area contributed by atoms with Crippen LogP contribution < -0.4 is 4.74 Å². The number of halogens is 3. The van der Waals surface area contributed by atoms with Crippen molar-refractivity contribution in [1.82, 2.24) is 0 Å². The molecule has 0 aliphatic rings. The van der Waals surface area contributed by atoms with E-state index in [1.807, 2.05) is 0 Å². The van der Waals surface area contributed by atoms with E-state index in [0.717, 1.165) is 0 Å². The number of aliphatic hydroxyl groups excluding tert-OH is 1. The van der Waals surface area contributed by atoms with Crippen LogP contribution in [0.3, 0.4) is 0 Å². The van der Waals surface area contributed by atoms with Crippen LogP contribution >= 0.6 is 0 Å². The second-order valence-corrected chi connectivity index (χ2v) is 3.48. The Morgan fingerprint density at radius 1 is 1.06 bits per heavy atom. The second kappa shape index (κ2) is 4.25. The molecule has 0 aliphatic heterocycles. The standard InChI is InChI=1S/C12H9F3O2/c13-12(14,15)17-11-9(7-16)6-5-8-3-1-2-4-10(8)11/h1-6,16H,7H2. The van der Waals surface area contributed by atoms with Crippen LogP contribution in [0.15, 0.2) is 36.4 Å². The van der Waals surface area contributed by atoms with Gasteiger partial charge in [-0.2, -0.15) is 0 Å². The smallest absolute Gasteiger partial charge is 0.405 e. The van der Waals surface area contributed by atoms with Gasteiger partial charge in [0.25, 0.3) is 0 Å². The molecule has 90 valence electrons. The summed E-state index contributed by atoms with van der Waals surface area (Å²) < 4.78 is 40.8. The minimum atomic E-state index is -4.77. The maximum atomic E-state index is 12.3. The van der Waals surface area contributed by atoms with Gasteiger partial charge in [-0.05, 0) is 5.39 Å². The van der Waals surface area contributed by atoms with E-state index in [2.05, 4.69) is 4.74 Å². The molecule has 1 N–H and O–H groups in total. The van der Waals surface area contributed by atoms with Gasteiger partial charge in [0.1, 0.15) is 5.75 Å². The van der Waals surface area contributed by atoms with Crippen molar-refractivity contribution in [3.63, 3.8) is 0 Å². The van der Waals surface area contributed by atoms with E-state index in [4.69, 9.17) is 5.11 Å². The molecule has 0 saturated heterocycles. The lowest BCUT2D eigenvalue weighted by molar-refractivity contribution is -0.274. The van der Waals surface area contributed by atoms with Crippen LogP contribution in [0.1, 0.15) is 5.56 Å². The lowest BCUT2D eigenvalue weighted by Crippen LogP contribution is -2.18. The van der Waals surface area contributed by atoms with Gasteiger partial charge in [0.05, 0.1) is 6.61 Å². The number of alkyl halides is 3. The van der Waals surface area contributed by atoms with E-state index in [1.54, 1.807) is 24.3 Å². The Hall–Kier alpha value is -1.75. The first-order valence-corrected chi connectivity index (χ1v) is 4.88. The molecule has 0 bridgehead atoms. The molecule has 0 amide bonds. The molecular formula is C12H9F3O2. The van der Waals surface area contributed by atoms with Gasteiger partial charge in [0.2, 0.25) is 0 Å². The molecule has 0 unspecified atom stereocenters. The second-order valence-electron chi connectivity index (χ2n) is 3.48. The van der Waals surface area contributed by atoms with Gasteiger partial charge in [0, 0.05) is 10.9 Å². The molecule has 0 radical (unpaired) electrons. The van der Waals surface area contributed by atoms with Crippen molar-refractivity contribution >= 4 is 10.8 Å². The highest BCUT2D eigenvalue weighted by atomic mass is 19.4. The van der Waals surface area contributed by atoms with Gasteiger partial charge in [0.15, 0.2) is 0 Å². The summed E-state index contributed by atoms with van der Waals surface area (Å²) in [5.41, 5.74) is 0.112. The molecular weight excluding hydrogens is 233 g/mol. The van der Waals surface area contributed by atoms with Crippen LogP contribution in [0, 0.1) is 0 Å². The summed E-state index contributed by atoms with van der Waals surface area (Å²) in [5.74, 6) is -0.335. The average molecular weight is 242 g/mol. The maximum absolute atomic E-state index is 12.3. The Balaban J connectivity index is 2.63. The lowest BCUT2D eigenvalue weighted by atomic mass is 10.1. The zero-order chi connectivity index (χ0) is 12.5. The molecule has 0 fully saturated rings. The number of ether oxygens (including phenoxy) is 1. The average Bonchev–Trinajstić information content (AvgIpc) is 2.28. The molecule has 5 heteroatoms. The van der Waals surface area contributed by atoms with Crippen molar-refractivity contribution in [2.45, 2.75) is 13.0 Å². The highest BCUT2D eigenvalue weighted by Crippen LogP contribution is 2.34. The van der Waals surface area contributed by atoms with Gasteiger partial charge in [-0.3, -0.25) is 0 Å². The van der Waals surface area contributed by atoms with Gasteiger partial charge in [-0.25, -0.2) is 0 Å². The summed E-state index contributed by atoms with van der Waals surface area (Å²) in [5, 5.41) is 9.99. The van der Waals surface area contributed by atoms with E-state index >= 15 is 0 Å². The summed E-state index contributed by atoms with van der Waals surface area (Å²) in [6.45, 7) is -0.504. The van der Waals surface area contributed by atoms with Crippen LogP contribution in [0.2, 0.25) is 0 Å². The number of hydrogen-bond donors (Lipinski definition) is 1. The number of rotatable bonds is 2. The van der Waals surface area contributed by atoms with E-state index in [9.17, 15) is 13.2 Å². The predicted molar refractivity (Wildman–Crippen MR) is 56.6 cm³/mol. The van der Waals surface area contributed by atoms with Crippen molar-refractivity contribution in [1.29, 1.82) is 0 Å². The Bertz CT molecular complexity index is 535. The highest BCUT2D eigenvalue weighted by molar-refractivity contribution is 5.89. The Labute approximate surface area is 95.2 Å². The van der Waals surface area contributed by atoms with E-state index in [0.29, 0.717) is 10.8 Å². The topological polar surface area (TPSA) is 29.5 Å². The summed E-state index contributed by atoms with van der Waals surface area (Å²) in [6, 6.07) is 9.61. The Morgan fingerprint density at radius 3 is 2.41 bits per heavy atom. The van der Waals surface area contributed by atoms with Crippen molar-refractivity contribution in [3.8, 4) is 5.75 Å². The largest absolute Gasteiger partial charge is 0.573 e. The number of fused-ring (bicyclic) bond motifs is 1. The van der Waals surface area contributed by atoms with Crippen LogP contribution in [0.25, 0.3) is 10.8 Å². The number of aliphatic hydroxyl groups is 1. The number of hydrogen-bond acceptors (Lipinski definition) is 2. The SMILES string of the molecule is OCc1ccc2ccccc2c1OC(F)(F)F. The first-order chi connectivity index (χ1) is 8.01. The van der Waals surface area contributed by atoms with Crippen molar-refractivity contribution in [2.75, 3.05) is 0 Å².